The van der Waals surface area contributed by atoms with Gasteiger partial charge in [-0.05, 0) is 28.7 Å². The Hall–Kier alpha value is -3.73. The summed E-state index contributed by atoms with van der Waals surface area (Å²) in [6, 6.07) is 40.7. The molecule has 1 saturated heterocycles. The lowest BCUT2D eigenvalue weighted by atomic mass is 9.79. The largest absolute Gasteiger partial charge is 0.457 e. The minimum absolute atomic E-state index is 0.215. The number of hydrogen-bond acceptors (Lipinski definition) is 4. The summed E-state index contributed by atoms with van der Waals surface area (Å²) in [5, 5.41) is 0. The van der Waals surface area contributed by atoms with Gasteiger partial charge in [-0.2, -0.15) is 0 Å². The molecule has 4 aromatic carbocycles. The van der Waals surface area contributed by atoms with Crippen molar-refractivity contribution in [2.75, 3.05) is 6.61 Å². The molecule has 0 amide bonds. The number of ether oxygens (including phenoxy) is 3. The van der Waals surface area contributed by atoms with Crippen LogP contribution in [-0.4, -0.2) is 24.8 Å². The molecule has 4 nitrogen and oxygen atoms in total. The van der Waals surface area contributed by atoms with Crippen molar-refractivity contribution in [2.24, 2.45) is 0 Å². The summed E-state index contributed by atoms with van der Waals surface area (Å²) in [6.07, 6.45) is 0.0189. The molecule has 1 aliphatic heterocycles. The molecule has 0 bridgehead atoms. The highest BCUT2D eigenvalue weighted by Gasteiger charge is 2.43. The molecule has 2 atom stereocenters. The summed E-state index contributed by atoms with van der Waals surface area (Å²) < 4.78 is 19.0. The molecule has 0 aliphatic carbocycles. The van der Waals surface area contributed by atoms with Gasteiger partial charge in [-0.3, -0.25) is 4.79 Å². The number of cyclic esters (lactones) is 1. The first kappa shape index (κ1) is 24.0. The van der Waals surface area contributed by atoms with Crippen LogP contribution in [0.3, 0.4) is 0 Å². The van der Waals surface area contributed by atoms with Crippen LogP contribution in [0.15, 0.2) is 121 Å². The Balaban J connectivity index is 1.50. The van der Waals surface area contributed by atoms with Crippen molar-refractivity contribution in [3.8, 4) is 0 Å². The highest BCUT2D eigenvalue weighted by molar-refractivity contribution is 5.70. The third kappa shape index (κ3) is 5.25. The van der Waals surface area contributed by atoms with Gasteiger partial charge in [-0.25, -0.2) is 0 Å². The van der Waals surface area contributed by atoms with Gasteiger partial charge in [-0.1, -0.05) is 121 Å². The van der Waals surface area contributed by atoms with E-state index in [-0.39, 0.29) is 18.7 Å². The Labute approximate surface area is 212 Å². The van der Waals surface area contributed by atoms with Crippen molar-refractivity contribution in [3.05, 3.63) is 144 Å². The van der Waals surface area contributed by atoms with Gasteiger partial charge in [0.15, 0.2) is 6.10 Å². The quantitative estimate of drug-likeness (QED) is 0.210. The number of rotatable bonds is 9. The van der Waals surface area contributed by atoms with Gasteiger partial charge in [0, 0.05) is 6.42 Å². The SMILES string of the molecule is O=C1CCC(OC(c2ccccc2)(c2ccccc2)c2ccccc2)C(COCc2ccccc2)O1. The van der Waals surface area contributed by atoms with Gasteiger partial charge >= 0.3 is 5.97 Å². The van der Waals surface area contributed by atoms with Crippen LogP contribution < -0.4 is 0 Å². The molecular weight excluding hydrogens is 448 g/mol. The predicted octanol–water partition coefficient (Wildman–Crippen LogP) is 6.29. The van der Waals surface area contributed by atoms with E-state index in [0.717, 1.165) is 22.3 Å². The molecule has 1 aliphatic rings. The number of carbonyl (C=O) groups excluding carboxylic acids is 1. The van der Waals surface area contributed by atoms with Crippen LogP contribution in [0.1, 0.15) is 35.1 Å². The van der Waals surface area contributed by atoms with Gasteiger partial charge in [0.1, 0.15) is 5.60 Å². The fraction of sp³-hybridized carbons (Fsp3) is 0.219. The Bertz CT molecular complexity index is 1130. The lowest BCUT2D eigenvalue weighted by molar-refractivity contribution is -0.186. The second-order valence-electron chi connectivity index (χ2n) is 9.00. The molecule has 0 saturated carbocycles. The normalized spacial score (nSPS) is 17.9. The smallest absolute Gasteiger partial charge is 0.306 e. The zero-order chi connectivity index (χ0) is 24.6. The summed E-state index contributed by atoms with van der Waals surface area (Å²) in [5.41, 5.74) is 3.25. The van der Waals surface area contributed by atoms with Crippen LogP contribution in [0.4, 0.5) is 0 Å². The number of esters is 1. The Kier molecular flexibility index (Phi) is 7.55. The first-order chi connectivity index (χ1) is 17.8. The van der Waals surface area contributed by atoms with Crippen LogP contribution in [0.25, 0.3) is 0 Å². The van der Waals surface area contributed by atoms with Gasteiger partial charge in [0.2, 0.25) is 0 Å². The Morgan fingerprint density at radius 2 is 1.17 bits per heavy atom. The molecular formula is C32H30O4. The van der Waals surface area contributed by atoms with E-state index in [2.05, 4.69) is 36.4 Å². The van der Waals surface area contributed by atoms with Crippen molar-refractivity contribution in [1.29, 1.82) is 0 Å². The highest BCUT2D eigenvalue weighted by atomic mass is 16.6. The van der Waals surface area contributed by atoms with Gasteiger partial charge < -0.3 is 14.2 Å². The standard InChI is InChI=1S/C32H30O4/c33-31-22-21-29(30(35-31)24-34-23-25-13-5-1-6-14-25)36-32(26-15-7-2-8-16-26,27-17-9-3-10-18-27)28-19-11-4-12-20-28/h1-20,29-30H,21-24H2. The van der Waals surface area contributed by atoms with Crippen molar-refractivity contribution in [3.63, 3.8) is 0 Å². The number of carbonyl (C=O) groups is 1. The molecule has 5 rings (SSSR count). The topological polar surface area (TPSA) is 44.8 Å². The van der Waals surface area contributed by atoms with E-state index in [9.17, 15) is 4.79 Å². The summed E-state index contributed by atoms with van der Waals surface area (Å²) in [6.45, 7) is 0.711. The van der Waals surface area contributed by atoms with Gasteiger partial charge in [0.25, 0.3) is 0 Å². The monoisotopic (exact) mass is 478 g/mol. The average molecular weight is 479 g/mol. The zero-order valence-corrected chi connectivity index (χ0v) is 20.2. The third-order valence-electron chi connectivity index (χ3n) is 6.59. The summed E-state index contributed by atoms with van der Waals surface area (Å²) in [5.74, 6) is -0.215. The van der Waals surface area contributed by atoms with Gasteiger partial charge in [-0.15, -0.1) is 0 Å². The second-order valence-corrected chi connectivity index (χ2v) is 9.00. The molecule has 36 heavy (non-hydrogen) atoms. The van der Waals surface area contributed by atoms with Crippen LogP contribution in [0, 0.1) is 0 Å². The predicted molar refractivity (Wildman–Crippen MR) is 139 cm³/mol. The lowest BCUT2D eigenvalue weighted by Gasteiger charge is -2.42. The zero-order valence-electron chi connectivity index (χ0n) is 20.2. The number of benzene rings is 4. The van der Waals surface area contributed by atoms with Crippen LogP contribution in [0.5, 0.6) is 0 Å². The van der Waals surface area contributed by atoms with Crippen molar-refractivity contribution >= 4 is 5.97 Å². The summed E-state index contributed by atoms with van der Waals surface area (Å²) >= 11 is 0. The van der Waals surface area contributed by atoms with E-state index < -0.39 is 11.7 Å². The molecule has 182 valence electrons. The maximum atomic E-state index is 12.3. The molecule has 0 spiro atoms. The fourth-order valence-electron chi connectivity index (χ4n) is 4.84. The Morgan fingerprint density at radius 1 is 0.694 bits per heavy atom. The van der Waals surface area contributed by atoms with Crippen molar-refractivity contribution < 1.29 is 19.0 Å². The van der Waals surface area contributed by atoms with E-state index >= 15 is 0 Å². The van der Waals surface area contributed by atoms with Gasteiger partial charge in [0.05, 0.1) is 19.3 Å². The van der Waals surface area contributed by atoms with E-state index in [4.69, 9.17) is 14.2 Å². The summed E-state index contributed by atoms with van der Waals surface area (Å²) in [4.78, 5) is 12.3. The maximum Gasteiger partial charge on any atom is 0.306 e. The minimum Gasteiger partial charge on any atom is -0.457 e. The second kappa shape index (κ2) is 11.3. The van der Waals surface area contributed by atoms with E-state index in [1.807, 2.05) is 84.9 Å². The average Bonchev–Trinajstić information content (AvgIpc) is 2.95. The Morgan fingerprint density at radius 3 is 1.67 bits per heavy atom. The molecule has 4 aromatic rings. The first-order valence-electron chi connectivity index (χ1n) is 12.4. The number of hydrogen-bond donors (Lipinski definition) is 0. The molecule has 2 unspecified atom stereocenters. The van der Waals surface area contributed by atoms with E-state index in [1.165, 1.54) is 0 Å². The van der Waals surface area contributed by atoms with Crippen LogP contribution >= 0.6 is 0 Å². The molecule has 1 fully saturated rings. The molecule has 0 N–H and O–H groups in total. The molecule has 4 heteroatoms. The fourth-order valence-corrected chi connectivity index (χ4v) is 4.84. The first-order valence-corrected chi connectivity index (χ1v) is 12.4. The van der Waals surface area contributed by atoms with E-state index in [0.29, 0.717) is 19.4 Å². The maximum absolute atomic E-state index is 12.3. The minimum atomic E-state index is -0.879. The lowest BCUT2D eigenvalue weighted by Crippen LogP contribution is -2.47. The van der Waals surface area contributed by atoms with Crippen LogP contribution in [-0.2, 0) is 31.2 Å². The van der Waals surface area contributed by atoms with Crippen LogP contribution in [0.2, 0.25) is 0 Å². The molecule has 0 aromatic heterocycles. The van der Waals surface area contributed by atoms with Crippen molar-refractivity contribution in [1.82, 2.24) is 0 Å². The van der Waals surface area contributed by atoms with Crippen molar-refractivity contribution in [2.45, 2.75) is 37.3 Å². The molecule has 1 heterocycles. The van der Waals surface area contributed by atoms with E-state index in [1.54, 1.807) is 0 Å². The highest BCUT2D eigenvalue weighted by Crippen LogP contribution is 2.43. The summed E-state index contributed by atoms with van der Waals surface area (Å²) in [7, 11) is 0. The molecule has 0 radical (unpaired) electrons. The third-order valence-corrected chi connectivity index (χ3v) is 6.59.